The maximum absolute atomic E-state index is 5.85. The topological polar surface area (TPSA) is 73.1 Å². The largest absolute Gasteiger partial charge is 0.384 e. The van der Waals surface area contributed by atoms with Gasteiger partial charge < -0.3 is 15.8 Å². The van der Waals surface area contributed by atoms with Crippen LogP contribution in [0, 0.1) is 0 Å². The predicted molar refractivity (Wildman–Crippen MR) is 77.1 cm³/mol. The quantitative estimate of drug-likeness (QED) is 0.772. The van der Waals surface area contributed by atoms with Crippen LogP contribution in [0.5, 0.6) is 0 Å². The molecule has 2 rings (SSSR count). The van der Waals surface area contributed by atoms with Gasteiger partial charge in [-0.25, -0.2) is 9.97 Å². The number of ether oxygens (including phenoxy) is 1. The molecule has 1 aliphatic rings. The van der Waals surface area contributed by atoms with Crippen LogP contribution in [0.3, 0.4) is 0 Å². The molecule has 19 heavy (non-hydrogen) atoms. The van der Waals surface area contributed by atoms with Gasteiger partial charge in [0.05, 0.1) is 12.7 Å². The monoisotopic (exact) mass is 264 g/mol. The Morgan fingerprint density at radius 3 is 2.84 bits per heavy atom. The summed E-state index contributed by atoms with van der Waals surface area (Å²) in [4.78, 5) is 8.53. The van der Waals surface area contributed by atoms with E-state index < -0.39 is 0 Å². The Morgan fingerprint density at radius 2 is 2.11 bits per heavy atom. The van der Waals surface area contributed by atoms with Crippen LogP contribution in [0.2, 0.25) is 0 Å². The lowest BCUT2D eigenvalue weighted by molar-refractivity contribution is 0.0347. The highest BCUT2D eigenvalue weighted by Gasteiger charge is 2.13. The second-order valence-electron chi connectivity index (χ2n) is 5.01. The first-order valence-electron chi connectivity index (χ1n) is 7.27. The maximum Gasteiger partial charge on any atom is 0.132 e. The summed E-state index contributed by atoms with van der Waals surface area (Å²) in [6, 6.07) is 1.76. The van der Waals surface area contributed by atoms with E-state index in [4.69, 9.17) is 10.5 Å². The Labute approximate surface area is 115 Å². The summed E-state index contributed by atoms with van der Waals surface area (Å²) >= 11 is 0. The van der Waals surface area contributed by atoms with Crippen molar-refractivity contribution in [2.24, 2.45) is 0 Å². The minimum absolute atomic E-state index is 0.456. The van der Waals surface area contributed by atoms with E-state index in [1.807, 2.05) is 6.92 Å². The third-order valence-corrected chi connectivity index (χ3v) is 3.42. The Hall–Kier alpha value is -1.36. The highest BCUT2D eigenvalue weighted by molar-refractivity contribution is 5.44. The molecule has 106 valence electrons. The van der Waals surface area contributed by atoms with Gasteiger partial charge in [0.25, 0.3) is 0 Å². The van der Waals surface area contributed by atoms with Crippen LogP contribution >= 0.6 is 0 Å². The molecule has 0 radical (unpaired) electrons. The summed E-state index contributed by atoms with van der Waals surface area (Å²) in [7, 11) is 0. The van der Waals surface area contributed by atoms with Gasteiger partial charge in [-0.15, -0.1) is 0 Å². The van der Waals surface area contributed by atoms with E-state index in [-0.39, 0.29) is 0 Å². The van der Waals surface area contributed by atoms with E-state index in [9.17, 15) is 0 Å². The van der Waals surface area contributed by atoms with Gasteiger partial charge in [-0.1, -0.05) is 26.2 Å². The number of aryl methyl sites for hydroxylation is 1. The second kappa shape index (κ2) is 7.28. The van der Waals surface area contributed by atoms with Gasteiger partial charge in [0.15, 0.2) is 0 Å². The average Bonchev–Trinajstić information content (AvgIpc) is 2.44. The fourth-order valence-electron chi connectivity index (χ4n) is 2.40. The molecular weight excluding hydrogens is 240 g/mol. The van der Waals surface area contributed by atoms with Gasteiger partial charge in [-0.05, 0) is 12.8 Å². The number of nitrogens with two attached hydrogens (primary N) is 1. The van der Waals surface area contributed by atoms with E-state index in [0.29, 0.717) is 11.9 Å². The van der Waals surface area contributed by atoms with Crippen LogP contribution in [0.4, 0.5) is 11.6 Å². The van der Waals surface area contributed by atoms with Gasteiger partial charge in [-0.3, -0.25) is 0 Å². The molecule has 1 fully saturated rings. The first-order chi connectivity index (χ1) is 9.28. The Bertz CT molecular complexity index is 391. The number of hydrogen-bond donors (Lipinski definition) is 2. The minimum atomic E-state index is 0.456. The van der Waals surface area contributed by atoms with Gasteiger partial charge in [0.1, 0.15) is 17.5 Å². The highest BCUT2D eigenvalue weighted by atomic mass is 16.5. The third kappa shape index (κ3) is 4.67. The number of anilines is 2. The summed E-state index contributed by atoms with van der Waals surface area (Å²) in [6.45, 7) is 3.50. The van der Waals surface area contributed by atoms with E-state index in [0.717, 1.165) is 31.2 Å². The zero-order valence-corrected chi connectivity index (χ0v) is 11.7. The summed E-state index contributed by atoms with van der Waals surface area (Å²) < 4.78 is 5.85. The Balaban J connectivity index is 1.71. The second-order valence-corrected chi connectivity index (χ2v) is 5.01. The Morgan fingerprint density at radius 1 is 1.32 bits per heavy atom. The summed E-state index contributed by atoms with van der Waals surface area (Å²) in [6.07, 6.45) is 7.63. The van der Waals surface area contributed by atoms with Crippen LogP contribution in [-0.2, 0) is 11.2 Å². The van der Waals surface area contributed by atoms with Crippen LogP contribution in [-0.4, -0.2) is 29.2 Å². The maximum atomic E-state index is 5.85. The molecule has 0 amide bonds. The molecule has 1 heterocycles. The van der Waals surface area contributed by atoms with Gasteiger partial charge >= 0.3 is 0 Å². The van der Waals surface area contributed by atoms with Crippen molar-refractivity contribution in [2.45, 2.75) is 51.6 Å². The zero-order chi connectivity index (χ0) is 13.5. The summed E-state index contributed by atoms with van der Waals surface area (Å²) in [5, 5.41) is 3.24. The molecule has 5 nitrogen and oxygen atoms in total. The van der Waals surface area contributed by atoms with Crippen LogP contribution < -0.4 is 11.1 Å². The Kier molecular flexibility index (Phi) is 5.39. The fourth-order valence-corrected chi connectivity index (χ4v) is 2.40. The number of nitrogens with zero attached hydrogens (tertiary/aromatic N) is 2. The predicted octanol–water partition coefficient (Wildman–Crippen LogP) is 2.38. The smallest absolute Gasteiger partial charge is 0.132 e. The van der Waals surface area contributed by atoms with Gasteiger partial charge in [-0.2, -0.15) is 0 Å². The van der Waals surface area contributed by atoms with Crippen molar-refractivity contribution in [1.29, 1.82) is 0 Å². The molecule has 1 aliphatic carbocycles. The molecule has 5 heteroatoms. The molecule has 1 aromatic heterocycles. The lowest BCUT2D eigenvalue weighted by Crippen LogP contribution is -2.21. The molecule has 0 aliphatic heterocycles. The van der Waals surface area contributed by atoms with Crippen molar-refractivity contribution >= 4 is 11.6 Å². The SMILES string of the molecule is CCc1nc(N)cc(NCCOC2CCCCC2)n1. The molecule has 0 saturated heterocycles. The molecule has 1 saturated carbocycles. The number of nitrogen functional groups attached to an aromatic ring is 1. The fraction of sp³-hybridized carbons (Fsp3) is 0.714. The van der Waals surface area contributed by atoms with E-state index in [1.54, 1.807) is 6.07 Å². The molecule has 0 spiro atoms. The minimum Gasteiger partial charge on any atom is -0.384 e. The first-order valence-corrected chi connectivity index (χ1v) is 7.27. The number of hydrogen-bond acceptors (Lipinski definition) is 5. The summed E-state index contributed by atoms with van der Waals surface area (Å²) in [5.74, 6) is 2.08. The summed E-state index contributed by atoms with van der Waals surface area (Å²) in [5.41, 5.74) is 5.73. The average molecular weight is 264 g/mol. The van der Waals surface area contributed by atoms with E-state index in [1.165, 1.54) is 32.1 Å². The molecular formula is C14H24N4O. The molecule has 3 N–H and O–H groups in total. The standard InChI is InChI=1S/C14H24N4O/c1-2-13-17-12(15)10-14(18-13)16-8-9-19-11-6-4-3-5-7-11/h10-11H,2-9H2,1H3,(H3,15,16,17,18). The van der Waals surface area contributed by atoms with Crippen molar-refractivity contribution < 1.29 is 4.74 Å². The van der Waals surface area contributed by atoms with E-state index >= 15 is 0 Å². The zero-order valence-electron chi connectivity index (χ0n) is 11.7. The molecule has 0 bridgehead atoms. The normalized spacial score (nSPS) is 16.5. The van der Waals surface area contributed by atoms with E-state index in [2.05, 4.69) is 15.3 Å². The molecule has 1 aromatic rings. The van der Waals surface area contributed by atoms with Crippen molar-refractivity contribution in [3.05, 3.63) is 11.9 Å². The van der Waals surface area contributed by atoms with Gasteiger partial charge in [0, 0.05) is 19.0 Å². The van der Waals surface area contributed by atoms with Crippen molar-refractivity contribution in [2.75, 3.05) is 24.2 Å². The van der Waals surface area contributed by atoms with Crippen molar-refractivity contribution in [3.63, 3.8) is 0 Å². The lowest BCUT2D eigenvalue weighted by Gasteiger charge is -2.22. The number of rotatable bonds is 6. The number of nitrogens with one attached hydrogen (secondary N) is 1. The highest BCUT2D eigenvalue weighted by Crippen LogP contribution is 2.20. The van der Waals surface area contributed by atoms with Crippen LogP contribution in [0.15, 0.2) is 6.07 Å². The van der Waals surface area contributed by atoms with Crippen LogP contribution in [0.1, 0.15) is 44.9 Å². The molecule has 0 aromatic carbocycles. The van der Waals surface area contributed by atoms with Crippen LogP contribution in [0.25, 0.3) is 0 Å². The lowest BCUT2D eigenvalue weighted by atomic mass is 9.98. The molecule has 0 atom stereocenters. The van der Waals surface area contributed by atoms with Crippen molar-refractivity contribution in [3.8, 4) is 0 Å². The first kappa shape index (κ1) is 14.1. The third-order valence-electron chi connectivity index (χ3n) is 3.42. The van der Waals surface area contributed by atoms with Crippen molar-refractivity contribution in [1.82, 2.24) is 9.97 Å². The van der Waals surface area contributed by atoms with Gasteiger partial charge in [0.2, 0.25) is 0 Å². The number of aromatic nitrogens is 2. The molecule has 0 unspecified atom stereocenters.